The number of hydrogen-bond donors (Lipinski definition) is 0. The molecule has 0 amide bonds. The van der Waals surface area contributed by atoms with E-state index in [1.165, 1.54) is 24.3 Å². The number of benzene rings is 2. The Balaban J connectivity index is 2.35. The van der Waals surface area contributed by atoms with Gasteiger partial charge >= 0.3 is 11.0 Å². The van der Waals surface area contributed by atoms with Crippen molar-refractivity contribution in [3.05, 3.63) is 65.7 Å². The van der Waals surface area contributed by atoms with Gasteiger partial charge in [0.05, 0.1) is 4.90 Å². The second-order valence-corrected chi connectivity index (χ2v) is 6.77. The molecule has 2 rings (SSSR count). The van der Waals surface area contributed by atoms with Crippen LogP contribution in [0.25, 0.3) is 5.53 Å². The van der Waals surface area contributed by atoms with E-state index in [2.05, 4.69) is 4.79 Å². The van der Waals surface area contributed by atoms with Crippen LogP contribution in [0.2, 0.25) is 0 Å². The van der Waals surface area contributed by atoms with Crippen molar-refractivity contribution in [3.63, 3.8) is 0 Å². The average Bonchev–Trinajstić information content (AvgIpc) is 2.63. The first-order valence-electron chi connectivity index (χ1n) is 7.27. The van der Waals surface area contributed by atoms with Crippen molar-refractivity contribution in [1.29, 1.82) is 0 Å². The minimum Gasteiger partial charge on any atom is -0.427 e. The third kappa shape index (κ3) is 4.06. The highest BCUT2D eigenvalue weighted by molar-refractivity contribution is 8.08. The summed E-state index contributed by atoms with van der Waals surface area (Å²) in [6, 6.07) is 12.5. The molecule has 0 unspecified atom stereocenters. The van der Waals surface area contributed by atoms with Crippen LogP contribution in [0.5, 0.6) is 5.75 Å². The van der Waals surface area contributed by atoms with Gasteiger partial charge in [-0.25, -0.2) is 8.42 Å². The van der Waals surface area contributed by atoms with E-state index in [9.17, 15) is 18.0 Å². The Kier molecular flexibility index (Phi) is 5.59. The van der Waals surface area contributed by atoms with Gasteiger partial charge in [0.25, 0.3) is 15.6 Å². The summed E-state index contributed by atoms with van der Waals surface area (Å²) in [6.45, 7) is 1.63. The molecule has 0 aromatic heterocycles. The number of rotatable bonds is 5. The number of ketones is 1. The topological polar surface area (TPSA) is 114 Å². The molecule has 25 heavy (non-hydrogen) atoms. The van der Waals surface area contributed by atoms with Crippen LogP contribution in [0.4, 0.5) is 0 Å². The summed E-state index contributed by atoms with van der Waals surface area (Å²) >= 11 is 0. The SMILES string of the molecule is CCC(=O)Oc1ccc(S(=O)(=O)C(=[N+]=[N-])C(=O)c2ccccc2)cc1. The Morgan fingerprint density at radius 3 is 2.16 bits per heavy atom. The zero-order chi connectivity index (χ0) is 18.4. The predicted octanol–water partition coefficient (Wildman–Crippen LogP) is 2.29. The molecule has 0 aliphatic rings. The highest BCUT2D eigenvalue weighted by Gasteiger charge is 2.38. The fraction of sp³-hybridized carbons (Fsp3) is 0.118. The van der Waals surface area contributed by atoms with Gasteiger partial charge in [-0.1, -0.05) is 37.3 Å². The molecule has 128 valence electrons. The third-order valence-corrected chi connectivity index (χ3v) is 4.90. The van der Waals surface area contributed by atoms with E-state index >= 15 is 0 Å². The van der Waals surface area contributed by atoms with Crippen LogP contribution in [-0.4, -0.2) is 30.0 Å². The minimum atomic E-state index is -4.34. The lowest BCUT2D eigenvalue weighted by Crippen LogP contribution is -2.26. The third-order valence-electron chi connectivity index (χ3n) is 3.23. The number of nitrogens with zero attached hydrogens (tertiary/aromatic N) is 2. The Morgan fingerprint density at radius 1 is 1.04 bits per heavy atom. The largest absolute Gasteiger partial charge is 0.456 e. The average molecular weight is 358 g/mol. The van der Waals surface area contributed by atoms with Crippen LogP contribution in [0.3, 0.4) is 0 Å². The van der Waals surface area contributed by atoms with E-state index in [-0.39, 0.29) is 22.6 Å². The summed E-state index contributed by atoms with van der Waals surface area (Å²) in [5.41, 5.74) is 9.16. The summed E-state index contributed by atoms with van der Waals surface area (Å²) in [4.78, 5) is 26.0. The molecule has 2 aromatic carbocycles. The van der Waals surface area contributed by atoms with E-state index in [0.29, 0.717) is 0 Å². The van der Waals surface area contributed by atoms with Gasteiger partial charge in [0.2, 0.25) is 0 Å². The second kappa shape index (κ2) is 7.65. The molecular formula is C17H14N2O5S. The molecule has 0 radical (unpaired) electrons. The first kappa shape index (κ1) is 18.3. The van der Waals surface area contributed by atoms with E-state index in [1.54, 1.807) is 25.1 Å². The Hall–Kier alpha value is -3.09. The van der Waals surface area contributed by atoms with Crippen LogP contribution in [-0.2, 0) is 14.6 Å². The second-order valence-electron chi connectivity index (χ2n) is 4.90. The molecule has 0 spiro atoms. The zero-order valence-corrected chi connectivity index (χ0v) is 14.1. The zero-order valence-electron chi connectivity index (χ0n) is 13.2. The number of ether oxygens (including phenoxy) is 1. The monoisotopic (exact) mass is 358 g/mol. The van der Waals surface area contributed by atoms with E-state index in [0.717, 1.165) is 12.1 Å². The Morgan fingerprint density at radius 2 is 1.64 bits per heavy atom. The maximum atomic E-state index is 12.5. The number of carbonyl (C=O) groups is 2. The molecule has 0 fully saturated rings. The predicted molar refractivity (Wildman–Crippen MR) is 89.0 cm³/mol. The molecule has 8 heteroatoms. The first-order valence-corrected chi connectivity index (χ1v) is 8.76. The summed E-state index contributed by atoms with van der Waals surface area (Å²) in [7, 11) is -4.34. The van der Waals surface area contributed by atoms with Gasteiger partial charge in [-0.05, 0) is 24.3 Å². The van der Waals surface area contributed by atoms with Crippen molar-refractivity contribution in [2.45, 2.75) is 18.2 Å². The molecule has 0 bridgehead atoms. The van der Waals surface area contributed by atoms with Crippen molar-refractivity contribution in [3.8, 4) is 5.75 Å². The first-order chi connectivity index (χ1) is 11.9. The van der Waals surface area contributed by atoms with Gasteiger partial charge < -0.3 is 10.3 Å². The summed E-state index contributed by atoms with van der Waals surface area (Å²) in [6.07, 6.45) is 0.174. The number of sulfone groups is 1. The van der Waals surface area contributed by atoms with Crippen molar-refractivity contribution in [2.75, 3.05) is 0 Å². The molecule has 0 aliphatic carbocycles. The Bertz CT molecular complexity index is 944. The highest BCUT2D eigenvalue weighted by atomic mass is 32.2. The van der Waals surface area contributed by atoms with Crippen molar-refractivity contribution in [2.24, 2.45) is 0 Å². The van der Waals surface area contributed by atoms with Crippen LogP contribution >= 0.6 is 0 Å². The number of carbonyl (C=O) groups excluding carboxylic acids is 2. The maximum absolute atomic E-state index is 12.5. The van der Waals surface area contributed by atoms with Gasteiger partial charge in [0.15, 0.2) is 0 Å². The van der Waals surface area contributed by atoms with Crippen molar-refractivity contribution in [1.82, 2.24) is 0 Å². The lowest BCUT2D eigenvalue weighted by atomic mass is 10.1. The van der Waals surface area contributed by atoms with Crippen LogP contribution in [0, 0.1) is 0 Å². The van der Waals surface area contributed by atoms with Crippen LogP contribution < -0.4 is 4.74 Å². The maximum Gasteiger partial charge on any atom is 0.456 e. The summed E-state index contributed by atoms with van der Waals surface area (Å²) < 4.78 is 30.1. The van der Waals surface area contributed by atoms with Crippen LogP contribution in [0.1, 0.15) is 23.7 Å². The molecule has 7 nitrogen and oxygen atoms in total. The molecule has 0 saturated heterocycles. The summed E-state index contributed by atoms with van der Waals surface area (Å²) in [5.74, 6) is -1.22. The minimum absolute atomic E-state index is 0.0763. The molecule has 0 atom stereocenters. The van der Waals surface area contributed by atoms with Crippen molar-refractivity contribution < 1.29 is 27.5 Å². The number of Topliss-reactive ketones (excluding diaryl/α,β-unsaturated/α-hetero) is 1. The van der Waals surface area contributed by atoms with E-state index < -0.39 is 26.6 Å². The van der Waals surface area contributed by atoms with E-state index in [4.69, 9.17) is 10.3 Å². The lowest BCUT2D eigenvalue weighted by Gasteiger charge is -2.04. The van der Waals surface area contributed by atoms with Crippen LogP contribution in [0.15, 0.2) is 59.5 Å². The number of hydrogen-bond acceptors (Lipinski definition) is 5. The van der Waals surface area contributed by atoms with Gasteiger partial charge in [-0.2, -0.15) is 0 Å². The lowest BCUT2D eigenvalue weighted by molar-refractivity contribution is -0.134. The number of esters is 1. The quantitative estimate of drug-likeness (QED) is 0.155. The molecular weight excluding hydrogens is 344 g/mol. The standard InChI is InChI=1S/C17H14N2O5S/c1-2-15(20)24-13-8-10-14(11-9-13)25(22,23)17(19-18)16(21)12-6-4-3-5-7-12/h3-11H,2H2,1H3. The van der Waals surface area contributed by atoms with Crippen molar-refractivity contribution >= 4 is 26.6 Å². The van der Waals surface area contributed by atoms with Gasteiger partial charge in [-0.15, -0.1) is 4.79 Å². The van der Waals surface area contributed by atoms with Gasteiger partial charge in [-0.3, -0.25) is 9.59 Å². The normalized spacial score (nSPS) is 10.6. The molecule has 2 aromatic rings. The molecule has 0 heterocycles. The fourth-order valence-electron chi connectivity index (χ4n) is 1.94. The van der Waals surface area contributed by atoms with Gasteiger partial charge in [0.1, 0.15) is 5.75 Å². The molecule has 0 saturated carbocycles. The molecule has 0 aliphatic heterocycles. The highest BCUT2D eigenvalue weighted by Crippen LogP contribution is 2.19. The fourth-order valence-corrected chi connectivity index (χ4v) is 3.12. The van der Waals surface area contributed by atoms with E-state index in [1.807, 2.05) is 0 Å². The molecule has 0 N–H and O–H groups in total. The van der Waals surface area contributed by atoms with Gasteiger partial charge in [0, 0.05) is 12.0 Å². The smallest absolute Gasteiger partial charge is 0.427 e. The Labute approximate surface area is 144 Å². The summed E-state index contributed by atoms with van der Waals surface area (Å²) in [5, 5.41) is -0.989.